The van der Waals surface area contributed by atoms with Crippen molar-refractivity contribution in [3.8, 4) is 5.75 Å². The molecule has 194 valence electrons. The Morgan fingerprint density at radius 2 is 1.79 bits per heavy atom. The third kappa shape index (κ3) is 5.18. The standard InChI is InChI=1S/C29H32N8O/c1-36-14-4-5-21(19-36)22-16-31-28(32-17-22)33-23-9-10-24(15-23)34-29-35-26-6-3-13-30-27(26)37(29)18-20-7-11-25(38-2)12-8-20/h3-8,11-14,16-17,23-24H,9-10,15,18-19H2,1-2H3,(H,34,35)(H,31,32,33)/t23-,24-/m0/s1. The van der Waals surface area contributed by atoms with Gasteiger partial charge >= 0.3 is 0 Å². The fraction of sp³-hybridized carbons (Fsp3) is 0.310. The number of aromatic nitrogens is 5. The number of imidazole rings is 1. The molecule has 2 aliphatic rings. The lowest BCUT2D eigenvalue weighted by molar-refractivity contribution is 0.414. The average molecular weight is 509 g/mol. The molecule has 6 rings (SSSR count). The molecule has 9 heteroatoms. The van der Waals surface area contributed by atoms with E-state index in [2.05, 4.69) is 72.6 Å². The molecule has 0 radical (unpaired) electrons. The number of pyridine rings is 1. The lowest BCUT2D eigenvalue weighted by atomic mass is 10.1. The molecule has 1 aromatic carbocycles. The van der Waals surface area contributed by atoms with Crippen LogP contribution in [0.25, 0.3) is 16.7 Å². The summed E-state index contributed by atoms with van der Waals surface area (Å²) in [5.74, 6) is 2.37. The molecule has 2 N–H and O–H groups in total. The summed E-state index contributed by atoms with van der Waals surface area (Å²) in [6, 6.07) is 12.7. The fourth-order valence-electron chi connectivity index (χ4n) is 5.18. The van der Waals surface area contributed by atoms with Gasteiger partial charge in [-0.1, -0.05) is 18.2 Å². The SMILES string of the molecule is COc1ccc(Cn2c(N[C@H]3CC[C@H](Nc4ncc(C5=CC=CN(C)C5)cn4)C3)nc3cccnc32)cc1. The first kappa shape index (κ1) is 24.0. The summed E-state index contributed by atoms with van der Waals surface area (Å²) >= 11 is 0. The van der Waals surface area contributed by atoms with Crippen molar-refractivity contribution in [2.45, 2.75) is 37.9 Å². The zero-order valence-corrected chi connectivity index (χ0v) is 21.7. The maximum absolute atomic E-state index is 5.31. The summed E-state index contributed by atoms with van der Waals surface area (Å²) in [6.07, 6.45) is 14.9. The smallest absolute Gasteiger partial charge is 0.222 e. The molecule has 9 nitrogen and oxygen atoms in total. The van der Waals surface area contributed by atoms with Crippen molar-refractivity contribution in [3.63, 3.8) is 0 Å². The zero-order valence-electron chi connectivity index (χ0n) is 21.7. The van der Waals surface area contributed by atoms with E-state index in [1.807, 2.05) is 42.9 Å². The maximum atomic E-state index is 5.31. The van der Waals surface area contributed by atoms with Crippen molar-refractivity contribution in [2.75, 3.05) is 31.3 Å². The van der Waals surface area contributed by atoms with Crippen LogP contribution in [0.2, 0.25) is 0 Å². The number of fused-ring (bicyclic) bond motifs is 1. The van der Waals surface area contributed by atoms with E-state index in [9.17, 15) is 0 Å². The first-order valence-corrected chi connectivity index (χ1v) is 13.0. The van der Waals surface area contributed by atoms with Gasteiger partial charge < -0.3 is 20.3 Å². The number of methoxy groups -OCH3 is 1. The highest BCUT2D eigenvalue weighted by molar-refractivity contribution is 5.74. The third-order valence-electron chi connectivity index (χ3n) is 7.18. The van der Waals surface area contributed by atoms with Crippen molar-refractivity contribution >= 4 is 28.6 Å². The summed E-state index contributed by atoms with van der Waals surface area (Å²) in [6.45, 7) is 1.54. The van der Waals surface area contributed by atoms with Crippen LogP contribution in [-0.4, -0.2) is 62.2 Å². The largest absolute Gasteiger partial charge is 0.497 e. The van der Waals surface area contributed by atoms with Gasteiger partial charge in [-0.25, -0.2) is 19.9 Å². The van der Waals surface area contributed by atoms with Gasteiger partial charge in [-0.05, 0) is 66.9 Å². The fourth-order valence-corrected chi connectivity index (χ4v) is 5.18. The van der Waals surface area contributed by atoms with E-state index >= 15 is 0 Å². The molecule has 0 saturated heterocycles. The van der Waals surface area contributed by atoms with Crippen LogP contribution in [0.4, 0.5) is 11.9 Å². The molecule has 0 spiro atoms. The lowest BCUT2D eigenvalue weighted by Crippen LogP contribution is -2.23. The number of rotatable bonds is 8. The van der Waals surface area contributed by atoms with Gasteiger partial charge in [-0.3, -0.25) is 4.57 Å². The van der Waals surface area contributed by atoms with Crippen molar-refractivity contribution in [2.24, 2.45) is 0 Å². The maximum Gasteiger partial charge on any atom is 0.222 e. The van der Waals surface area contributed by atoms with Crippen molar-refractivity contribution in [3.05, 3.63) is 84.5 Å². The number of allylic oxidation sites excluding steroid dienone is 2. The third-order valence-corrected chi connectivity index (χ3v) is 7.18. The Bertz CT molecular complexity index is 1460. The molecule has 38 heavy (non-hydrogen) atoms. The lowest BCUT2D eigenvalue weighted by Gasteiger charge is -2.20. The minimum Gasteiger partial charge on any atom is -0.497 e. The quantitative estimate of drug-likeness (QED) is 0.358. The van der Waals surface area contributed by atoms with Gasteiger partial charge in [0.2, 0.25) is 11.9 Å². The summed E-state index contributed by atoms with van der Waals surface area (Å²) < 4.78 is 7.47. The van der Waals surface area contributed by atoms with Crippen LogP contribution in [-0.2, 0) is 6.54 Å². The molecule has 1 fully saturated rings. The number of benzene rings is 1. The minimum absolute atomic E-state index is 0.299. The molecular formula is C29H32N8O. The van der Waals surface area contributed by atoms with Crippen molar-refractivity contribution < 1.29 is 4.74 Å². The van der Waals surface area contributed by atoms with Crippen LogP contribution < -0.4 is 15.4 Å². The number of hydrogen-bond donors (Lipinski definition) is 2. The van der Waals surface area contributed by atoms with Crippen molar-refractivity contribution in [1.29, 1.82) is 0 Å². The molecule has 1 aliphatic carbocycles. The van der Waals surface area contributed by atoms with Gasteiger partial charge in [0.05, 0.1) is 13.7 Å². The van der Waals surface area contributed by atoms with E-state index in [4.69, 9.17) is 9.72 Å². The van der Waals surface area contributed by atoms with E-state index < -0.39 is 0 Å². The van der Waals surface area contributed by atoms with E-state index in [0.29, 0.717) is 24.6 Å². The first-order chi connectivity index (χ1) is 18.6. The van der Waals surface area contributed by atoms with Gasteiger partial charge in [0.15, 0.2) is 5.65 Å². The van der Waals surface area contributed by atoms with E-state index in [-0.39, 0.29) is 0 Å². The number of likely N-dealkylation sites (N-methyl/N-ethyl adjacent to an activating group) is 1. The topological polar surface area (TPSA) is 93.0 Å². The van der Waals surface area contributed by atoms with Gasteiger partial charge in [0.1, 0.15) is 11.3 Å². The number of ether oxygens (including phenoxy) is 1. The molecule has 0 amide bonds. The molecule has 2 atom stereocenters. The minimum atomic E-state index is 0.299. The van der Waals surface area contributed by atoms with Crippen LogP contribution in [0.1, 0.15) is 30.4 Å². The van der Waals surface area contributed by atoms with Crippen molar-refractivity contribution in [1.82, 2.24) is 29.4 Å². The highest BCUT2D eigenvalue weighted by atomic mass is 16.5. The zero-order chi connectivity index (χ0) is 25.9. The highest BCUT2D eigenvalue weighted by Gasteiger charge is 2.27. The Balaban J connectivity index is 1.12. The first-order valence-electron chi connectivity index (χ1n) is 13.0. The molecule has 0 bridgehead atoms. The molecule has 3 aromatic heterocycles. The predicted octanol–water partition coefficient (Wildman–Crippen LogP) is 4.57. The van der Waals surface area contributed by atoms with E-state index in [1.165, 1.54) is 5.57 Å². The van der Waals surface area contributed by atoms with Gasteiger partial charge in [-0.2, -0.15) is 0 Å². The van der Waals surface area contributed by atoms with Crippen LogP contribution in [0.3, 0.4) is 0 Å². The molecule has 0 unspecified atom stereocenters. The second-order valence-electron chi connectivity index (χ2n) is 9.96. The summed E-state index contributed by atoms with van der Waals surface area (Å²) in [4.78, 5) is 20.8. The second kappa shape index (κ2) is 10.5. The normalized spacial score (nSPS) is 19.0. The van der Waals surface area contributed by atoms with Crippen LogP contribution >= 0.6 is 0 Å². The highest BCUT2D eigenvalue weighted by Crippen LogP contribution is 2.28. The predicted molar refractivity (Wildman–Crippen MR) is 150 cm³/mol. The molecule has 4 aromatic rings. The summed E-state index contributed by atoms with van der Waals surface area (Å²) in [5, 5.41) is 7.23. The second-order valence-corrected chi connectivity index (χ2v) is 9.96. The Morgan fingerprint density at radius 1 is 1.00 bits per heavy atom. The van der Waals surface area contributed by atoms with Gasteiger partial charge in [-0.15, -0.1) is 0 Å². The Kier molecular flexibility index (Phi) is 6.64. The van der Waals surface area contributed by atoms with Crippen LogP contribution in [0.15, 0.2) is 73.3 Å². The van der Waals surface area contributed by atoms with E-state index in [0.717, 1.165) is 59.8 Å². The monoisotopic (exact) mass is 508 g/mol. The molecule has 1 aliphatic heterocycles. The van der Waals surface area contributed by atoms with Crippen LogP contribution in [0.5, 0.6) is 5.75 Å². The Morgan fingerprint density at radius 3 is 2.55 bits per heavy atom. The summed E-state index contributed by atoms with van der Waals surface area (Å²) in [5.41, 5.74) is 5.21. The number of anilines is 2. The van der Waals surface area contributed by atoms with Gasteiger partial charge in [0, 0.05) is 49.8 Å². The average Bonchev–Trinajstić information content (AvgIpc) is 3.53. The summed E-state index contributed by atoms with van der Waals surface area (Å²) in [7, 11) is 3.75. The molecule has 4 heterocycles. The number of nitrogens with zero attached hydrogens (tertiary/aromatic N) is 6. The Labute approximate surface area is 222 Å². The number of hydrogen-bond acceptors (Lipinski definition) is 8. The molecular weight excluding hydrogens is 476 g/mol. The van der Waals surface area contributed by atoms with Gasteiger partial charge in [0.25, 0.3) is 0 Å². The Hall–Kier alpha value is -4.40. The van der Waals surface area contributed by atoms with E-state index in [1.54, 1.807) is 7.11 Å². The number of nitrogens with one attached hydrogen (secondary N) is 2. The molecule has 1 saturated carbocycles. The van der Waals surface area contributed by atoms with Crippen LogP contribution in [0, 0.1) is 0 Å².